The summed E-state index contributed by atoms with van der Waals surface area (Å²) in [6, 6.07) is 9.98. The van der Waals surface area contributed by atoms with E-state index in [0.717, 1.165) is 49.7 Å². The minimum Gasteiger partial charge on any atom is -0.379 e. The van der Waals surface area contributed by atoms with Crippen LogP contribution in [0.1, 0.15) is 16.7 Å². The molecule has 0 aliphatic carbocycles. The van der Waals surface area contributed by atoms with E-state index in [1.807, 2.05) is 19.1 Å². The number of carbonyl (C=O) groups is 1. The van der Waals surface area contributed by atoms with Crippen molar-refractivity contribution in [3.05, 3.63) is 65.5 Å². The summed E-state index contributed by atoms with van der Waals surface area (Å²) in [5, 5.41) is 2.97. The predicted molar refractivity (Wildman–Crippen MR) is 99.2 cm³/mol. The summed E-state index contributed by atoms with van der Waals surface area (Å²) in [5.74, 6) is -0.143. The summed E-state index contributed by atoms with van der Waals surface area (Å²) in [5.41, 5.74) is 4.00. The lowest BCUT2D eigenvalue weighted by atomic mass is 10.1. The van der Waals surface area contributed by atoms with Crippen LogP contribution in [0.15, 0.2) is 48.8 Å². The van der Waals surface area contributed by atoms with E-state index in [4.69, 9.17) is 4.74 Å². The van der Waals surface area contributed by atoms with Gasteiger partial charge in [0.15, 0.2) is 0 Å². The molecule has 1 fully saturated rings. The van der Waals surface area contributed by atoms with Crippen LogP contribution < -0.4 is 5.32 Å². The third-order valence-electron chi connectivity index (χ3n) is 4.18. The highest BCUT2D eigenvalue weighted by Crippen LogP contribution is 2.19. The third kappa shape index (κ3) is 5.24. The smallest absolute Gasteiger partial charge is 0.248 e. The maximum atomic E-state index is 12.2. The number of aromatic nitrogens is 1. The van der Waals surface area contributed by atoms with Crippen molar-refractivity contribution in [1.29, 1.82) is 0 Å². The number of ether oxygens (including phenoxy) is 1. The normalized spacial score (nSPS) is 15.4. The number of nitrogens with one attached hydrogen (secondary N) is 1. The van der Waals surface area contributed by atoms with Crippen molar-refractivity contribution in [2.45, 2.75) is 13.5 Å². The molecule has 1 aromatic carbocycles. The molecule has 1 N–H and O–H groups in total. The van der Waals surface area contributed by atoms with Crippen LogP contribution in [-0.4, -0.2) is 42.1 Å². The summed E-state index contributed by atoms with van der Waals surface area (Å²) in [7, 11) is 0. The van der Waals surface area contributed by atoms with Crippen molar-refractivity contribution < 1.29 is 9.53 Å². The van der Waals surface area contributed by atoms with E-state index in [1.54, 1.807) is 18.5 Å². The molecule has 5 nitrogen and oxygen atoms in total. The van der Waals surface area contributed by atoms with Gasteiger partial charge in [-0.1, -0.05) is 18.2 Å². The molecule has 0 saturated carbocycles. The zero-order valence-electron chi connectivity index (χ0n) is 14.4. The Balaban J connectivity index is 1.63. The summed E-state index contributed by atoms with van der Waals surface area (Å²) in [4.78, 5) is 18.6. The molecule has 0 bridgehead atoms. The van der Waals surface area contributed by atoms with Gasteiger partial charge in [-0.2, -0.15) is 0 Å². The lowest BCUT2D eigenvalue weighted by Gasteiger charge is -2.26. The van der Waals surface area contributed by atoms with Gasteiger partial charge in [0, 0.05) is 43.8 Å². The monoisotopic (exact) mass is 337 g/mol. The lowest BCUT2D eigenvalue weighted by Crippen LogP contribution is -2.35. The highest BCUT2D eigenvalue weighted by Gasteiger charge is 2.11. The van der Waals surface area contributed by atoms with Crippen molar-refractivity contribution in [1.82, 2.24) is 9.88 Å². The Bertz CT molecular complexity index is 738. The Morgan fingerprint density at radius 3 is 2.92 bits per heavy atom. The van der Waals surface area contributed by atoms with Gasteiger partial charge in [-0.05, 0) is 41.8 Å². The third-order valence-corrected chi connectivity index (χ3v) is 4.18. The summed E-state index contributed by atoms with van der Waals surface area (Å²) in [6.45, 7) is 6.34. The summed E-state index contributed by atoms with van der Waals surface area (Å²) >= 11 is 0. The maximum Gasteiger partial charge on any atom is 0.248 e. The molecule has 2 aromatic rings. The minimum atomic E-state index is -0.143. The first-order valence-corrected chi connectivity index (χ1v) is 8.49. The fourth-order valence-electron chi connectivity index (χ4n) is 2.74. The van der Waals surface area contributed by atoms with Gasteiger partial charge in [0.25, 0.3) is 0 Å². The van der Waals surface area contributed by atoms with E-state index in [-0.39, 0.29) is 5.91 Å². The number of hydrogen-bond acceptors (Lipinski definition) is 4. The van der Waals surface area contributed by atoms with Crippen LogP contribution in [0.3, 0.4) is 0 Å². The van der Waals surface area contributed by atoms with Gasteiger partial charge in [0.1, 0.15) is 0 Å². The van der Waals surface area contributed by atoms with Crippen LogP contribution in [0.25, 0.3) is 6.08 Å². The Hall–Kier alpha value is -2.50. The van der Waals surface area contributed by atoms with Crippen molar-refractivity contribution in [2.24, 2.45) is 0 Å². The number of nitrogens with zero attached hydrogens (tertiary/aromatic N) is 2. The Morgan fingerprint density at radius 2 is 2.16 bits per heavy atom. The van der Waals surface area contributed by atoms with E-state index in [1.165, 1.54) is 11.6 Å². The fraction of sp³-hybridized carbons (Fsp3) is 0.300. The number of benzene rings is 1. The zero-order valence-corrected chi connectivity index (χ0v) is 14.4. The molecule has 130 valence electrons. The molecule has 0 radical (unpaired) electrons. The molecule has 3 rings (SSSR count). The number of morpholine rings is 1. The van der Waals surface area contributed by atoms with Crippen LogP contribution in [-0.2, 0) is 16.1 Å². The van der Waals surface area contributed by atoms with E-state index in [0.29, 0.717) is 0 Å². The minimum absolute atomic E-state index is 0.143. The molecule has 1 saturated heterocycles. The quantitative estimate of drug-likeness (QED) is 0.853. The highest BCUT2D eigenvalue weighted by atomic mass is 16.5. The largest absolute Gasteiger partial charge is 0.379 e. The van der Waals surface area contributed by atoms with Crippen LogP contribution in [0.4, 0.5) is 5.69 Å². The molecule has 0 unspecified atom stereocenters. The molecular formula is C20H23N3O2. The molecule has 5 heteroatoms. The zero-order chi connectivity index (χ0) is 17.5. The summed E-state index contributed by atoms with van der Waals surface area (Å²) in [6.07, 6.45) is 6.72. The molecule has 2 heterocycles. The van der Waals surface area contributed by atoms with Gasteiger partial charge in [-0.15, -0.1) is 0 Å². The average molecular weight is 337 g/mol. The SMILES string of the molecule is Cc1ccc(CN2CCOCC2)cc1NC(=O)/C=C\c1cccnc1. The fourth-order valence-corrected chi connectivity index (χ4v) is 2.74. The first kappa shape index (κ1) is 17.3. The lowest BCUT2D eigenvalue weighted by molar-refractivity contribution is -0.111. The van der Waals surface area contributed by atoms with Gasteiger partial charge in [0.2, 0.25) is 5.91 Å². The first-order valence-electron chi connectivity index (χ1n) is 8.49. The number of amides is 1. The van der Waals surface area contributed by atoms with Gasteiger partial charge < -0.3 is 10.1 Å². The van der Waals surface area contributed by atoms with Crippen molar-refractivity contribution in [3.63, 3.8) is 0 Å². The number of hydrogen-bond donors (Lipinski definition) is 1. The van der Waals surface area contributed by atoms with Crippen molar-refractivity contribution in [3.8, 4) is 0 Å². The molecule has 0 spiro atoms. The molecular weight excluding hydrogens is 314 g/mol. The number of rotatable bonds is 5. The van der Waals surface area contributed by atoms with E-state index in [9.17, 15) is 4.79 Å². The number of anilines is 1. The van der Waals surface area contributed by atoms with Gasteiger partial charge in [-0.25, -0.2) is 0 Å². The van der Waals surface area contributed by atoms with Crippen LogP contribution >= 0.6 is 0 Å². The highest BCUT2D eigenvalue weighted by molar-refractivity contribution is 6.02. The van der Waals surface area contributed by atoms with Crippen LogP contribution in [0, 0.1) is 6.92 Å². The van der Waals surface area contributed by atoms with Gasteiger partial charge >= 0.3 is 0 Å². The van der Waals surface area contributed by atoms with Crippen molar-refractivity contribution >= 4 is 17.7 Å². The first-order chi connectivity index (χ1) is 12.2. The Labute approximate surface area is 148 Å². The van der Waals surface area contributed by atoms with E-state index in [2.05, 4.69) is 33.4 Å². The van der Waals surface area contributed by atoms with E-state index >= 15 is 0 Å². The standard InChI is InChI=1S/C20H23N3O2/c1-16-4-5-18(15-23-9-11-25-12-10-23)13-19(16)22-20(24)7-6-17-3-2-8-21-14-17/h2-8,13-14H,9-12,15H2,1H3,(H,22,24)/b7-6-. The summed E-state index contributed by atoms with van der Waals surface area (Å²) < 4.78 is 5.39. The predicted octanol–water partition coefficient (Wildman–Crippen LogP) is 2.87. The van der Waals surface area contributed by atoms with Crippen LogP contribution in [0.5, 0.6) is 0 Å². The second kappa shape index (κ2) is 8.55. The molecule has 0 atom stereocenters. The molecule has 1 aliphatic rings. The van der Waals surface area contributed by atoms with Gasteiger partial charge in [0.05, 0.1) is 13.2 Å². The van der Waals surface area contributed by atoms with Crippen LogP contribution in [0.2, 0.25) is 0 Å². The Morgan fingerprint density at radius 1 is 1.32 bits per heavy atom. The topological polar surface area (TPSA) is 54.5 Å². The molecule has 25 heavy (non-hydrogen) atoms. The number of pyridine rings is 1. The van der Waals surface area contributed by atoms with E-state index < -0.39 is 0 Å². The van der Waals surface area contributed by atoms with Crippen molar-refractivity contribution in [2.75, 3.05) is 31.6 Å². The molecule has 1 aromatic heterocycles. The number of carbonyl (C=O) groups excluding carboxylic acids is 1. The average Bonchev–Trinajstić information content (AvgIpc) is 2.64. The maximum absolute atomic E-state index is 12.2. The molecule has 1 amide bonds. The second-order valence-electron chi connectivity index (χ2n) is 6.15. The number of aryl methyl sites for hydroxylation is 1. The molecule has 1 aliphatic heterocycles. The van der Waals surface area contributed by atoms with Gasteiger partial charge in [-0.3, -0.25) is 14.7 Å². The second-order valence-corrected chi connectivity index (χ2v) is 6.15. The Kier molecular flexibility index (Phi) is 5.93.